The highest BCUT2D eigenvalue weighted by Gasteiger charge is 2.06. The molecule has 1 aromatic heterocycles. The van der Waals surface area contributed by atoms with Gasteiger partial charge in [0, 0.05) is 0 Å². The van der Waals surface area contributed by atoms with Crippen LogP contribution in [0.3, 0.4) is 0 Å². The van der Waals surface area contributed by atoms with Crippen molar-refractivity contribution in [3.63, 3.8) is 0 Å². The predicted molar refractivity (Wildman–Crippen MR) is 47.2 cm³/mol. The molecular formula is C9H15N2O2+. The topological polar surface area (TPSA) is 46.1 Å². The number of aliphatic carboxylic acids is 1. The van der Waals surface area contributed by atoms with Crippen LogP contribution in [0.2, 0.25) is 0 Å². The number of carboxylic acids is 1. The maximum Gasteiger partial charge on any atom is 0.346 e. The molecule has 0 aliphatic heterocycles. The van der Waals surface area contributed by atoms with Gasteiger partial charge in [0.2, 0.25) is 6.33 Å². The zero-order valence-corrected chi connectivity index (χ0v) is 7.81. The van der Waals surface area contributed by atoms with Gasteiger partial charge in [-0.15, -0.1) is 0 Å². The number of imidazole rings is 1. The Morgan fingerprint density at radius 3 is 3.00 bits per heavy atom. The van der Waals surface area contributed by atoms with E-state index in [1.54, 1.807) is 10.8 Å². The minimum absolute atomic E-state index is 0.0408. The van der Waals surface area contributed by atoms with Gasteiger partial charge in [-0.1, -0.05) is 13.3 Å². The Kier molecular flexibility index (Phi) is 3.49. The first-order valence-corrected chi connectivity index (χ1v) is 4.49. The molecule has 1 rings (SSSR count). The summed E-state index contributed by atoms with van der Waals surface area (Å²) >= 11 is 0. The van der Waals surface area contributed by atoms with Crippen LogP contribution in [-0.4, -0.2) is 15.6 Å². The fourth-order valence-corrected chi connectivity index (χ4v) is 1.16. The van der Waals surface area contributed by atoms with Crippen molar-refractivity contribution in [2.24, 2.45) is 0 Å². The average Bonchev–Trinajstić information content (AvgIpc) is 2.48. The standard InChI is InChI=1S/C9H14N2O2/c1-2-3-4-10-5-6-11(8-10)7-9(12)13/h5-6,8H,2-4,7H2,1H3/p+1. The molecule has 0 fully saturated rings. The molecule has 1 heterocycles. The Balaban J connectivity index is 2.48. The van der Waals surface area contributed by atoms with E-state index in [4.69, 9.17) is 5.11 Å². The number of rotatable bonds is 5. The van der Waals surface area contributed by atoms with Crippen LogP contribution in [0, 0.1) is 0 Å². The van der Waals surface area contributed by atoms with Crippen LogP contribution < -0.4 is 4.57 Å². The molecule has 0 unspecified atom stereocenters. The summed E-state index contributed by atoms with van der Waals surface area (Å²) in [6.07, 6.45) is 7.78. The van der Waals surface area contributed by atoms with Crippen LogP contribution >= 0.6 is 0 Å². The molecular weight excluding hydrogens is 168 g/mol. The van der Waals surface area contributed by atoms with Crippen molar-refractivity contribution >= 4 is 5.97 Å². The number of nitrogens with zero attached hydrogens (tertiary/aromatic N) is 2. The van der Waals surface area contributed by atoms with Crippen LogP contribution in [0.5, 0.6) is 0 Å². The summed E-state index contributed by atoms with van der Waals surface area (Å²) in [5, 5.41) is 8.52. The first-order chi connectivity index (χ1) is 6.22. The lowest BCUT2D eigenvalue weighted by Crippen LogP contribution is -2.31. The molecule has 4 nitrogen and oxygen atoms in total. The molecule has 0 bridgehead atoms. The molecule has 13 heavy (non-hydrogen) atoms. The number of aryl methyl sites for hydroxylation is 1. The normalized spacial score (nSPS) is 10.2. The zero-order chi connectivity index (χ0) is 9.68. The van der Waals surface area contributed by atoms with Gasteiger partial charge in [-0.25, -0.2) is 13.9 Å². The quantitative estimate of drug-likeness (QED) is 0.682. The van der Waals surface area contributed by atoms with Crippen LogP contribution in [0.25, 0.3) is 0 Å². The molecule has 4 heteroatoms. The minimum Gasteiger partial charge on any atom is -0.478 e. The third-order valence-corrected chi connectivity index (χ3v) is 1.83. The van der Waals surface area contributed by atoms with E-state index in [2.05, 4.69) is 6.92 Å². The fraction of sp³-hybridized carbons (Fsp3) is 0.556. The van der Waals surface area contributed by atoms with Crippen LogP contribution in [0.15, 0.2) is 18.7 Å². The molecule has 72 valence electrons. The van der Waals surface area contributed by atoms with Gasteiger partial charge in [-0.2, -0.15) is 0 Å². The molecule has 0 spiro atoms. The summed E-state index contributed by atoms with van der Waals surface area (Å²) in [6, 6.07) is 0. The fourth-order valence-electron chi connectivity index (χ4n) is 1.16. The number of unbranched alkanes of at least 4 members (excludes halogenated alkanes) is 1. The molecule has 0 amide bonds. The van der Waals surface area contributed by atoms with E-state index >= 15 is 0 Å². The Bertz CT molecular complexity index is 281. The molecule has 0 aromatic carbocycles. The van der Waals surface area contributed by atoms with E-state index in [-0.39, 0.29) is 6.54 Å². The largest absolute Gasteiger partial charge is 0.478 e. The summed E-state index contributed by atoms with van der Waals surface area (Å²) in [6.45, 7) is 3.14. The monoisotopic (exact) mass is 183 g/mol. The molecule has 1 N–H and O–H groups in total. The summed E-state index contributed by atoms with van der Waals surface area (Å²) in [5.74, 6) is -0.807. The Morgan fingerprint density at radius 1 is 1.62 bits per heavy atom. The molecule has 0 aliphatic carbocycles. The van der Waals surface area contributed by atoms with E-state index in [1.165, 1.54) is 0 Å². The number of carbonyl (C=O) groups is 1. The van der Waals surface area contributed by atoms with Crippen molar-refractivity contribution in [1.82, 2.24) is 4.57 Å². The first kappa shape index (κ1) is 9.77. The molecule has 0 saturated carbocycles. The first-order valence-electron chi connectivity index (χ1n) is 4.49. The van der Waals surface area contributed by atoms with E-state index in [9.17, 15) is 4.79 Å². The van der Waals surface area contributed by atoms with Gasteiger partial charge in [-0.05, 0) is 6.42 Å². The number of aromatic nitrogens is 2. The van der Waals surface area contributed by atoms with Crippen LogP contribution in [0.1, 0.15) is 19.8 Å². The van der Waals surface area contributed by atoms with Crippen molar-refractivity contribution < 1.29 is 14.5 Å². The Morgan fingerprint density at radius 2 is 2.38 bits per heavy atom. The second-order valence-corrected chi connectivity index (χ2v) is 3.07. The Hall–Kier alpha value is -1.32. The second kappa shape index (κ2) is 4.64. The molecule has 0 radical (unpaired) electrons. The lowest BCUT2D eigenvalue weighted by molar-refractivity contribution is -0.696. The lowest BCUT2D eigenvalue weighted by atomic mass is 10.3. The van der Waals surface area contributed by atoms with Crippen molar-refractivity contribution in [3.05, 3.63) is 18.7 Å². The number of carboxylic acid groups (broad SMARTS) is 1. The third kappa shape index (κ3) is 3.27. The van der Waals surface area contributed by atoms with Gasteiger partial charge in [0.15, 0.2) is 6.54 Å². The molecule has 0 aliphatic rings. The van der Waals surface area contributed by atoms with Gasteiger partial charge < -0.3 is 5.11 Å². The molecule has 0 saturated heterocycles. The van der Waals surface area contributed by atoms with Crippen LogP contribution in [-0.2, 0) is 17.9 Å². The van der Waals surface area contributed by atoms with E-state index in [0.29, 0.717) is 0 Å². The van der Waals surface area contributed by atoms with Crippen molar-refractivity contribution in [2.45, 2.75) is 32.9 Å². The maximum absolute atomic E-state index is 10.4. The summed E-state index contributed by atoms with van der Waals surface area (Å²) in [7, 11) is 0. The van der Waals surface area contributed by atoms with Gasteiger partial charge in [0.05, 0.1) is 6.54 Å². The number of hydrogen-bond acceptors (Lipinski definition) is 1. The third-order valence-electron chi connectivity index (χ3n) is 1.83. The van der Waals surface area contributed by atoms with Gasteiger partial charge >= 0.3 is 5.97 Å². The van der Waals surface area contributed by atoms with Crippen molar-refractivity contribution in [2.75, 3.05) is 0 Å². The maximum atomic E-state index is 10.4. The highest BCUT2D eigenvalue weighted by molar-refractivity contribution is 5.66. The second-order valence-electron chi connectivity index (χ2n) is 3.07. The summed E-state index contributed by atoms with van der Waals surface area (Å²) in [4.78, 5) is 10.4. The molecule has 1 aromatic rings. The van der Waals surface area contributed by atoms with Gasteiger partial charge in [0.25, 0.3) is 0 Å². The highest BCUT2D eigenvalue weighted by Crippen LogP contribution is 1.88. The van der Waals surface area contributed by atoms with Gasteiger partial charge in [-0.3, -0.25) is 0 Å². The predicted octanol–water partition coefficient (Wildman–Crippen LogP) is 0.660. The Labute approximate surface area is 77.4 Å². The van der Waals surface area contributed by atoms with Crippen LogP contribution in [0.4, 0.5) is 0 Å². The van der Waals surface area contributed by atoms with E-state index in [0.717, 1.165) is 19.4 Å². The smallest absolute Gasteiger partial charge is 0.346 e. The minimum atomic E-state index is -0.807. The summed E-state index contributed by atoms with van der Waals surface area (Å²) in [5.41, 5.74) is 0. The van der Waals surface area contributed by atoms with Crippen molar-refractivity contribution in [1.29, 1.82) is 0 Å². The van der Waals surface area contributed by atoms with Crippen molar-refractivity contribution in [3.8, 4) is 0 Å². The van der Waals surface area contributed by atoms with Gasteiger partial charge in [0.1, 0.15) is 12.4 Å². The number of hydrogen-bond donors (Lipinski definition) is 1. The zero-order valence-electron chi connectivity index (χ0n) is 7.81. The molecule has 0 atom stereocenters. The highest BCUT2D eigenvalue weighted by atomic mass is 16.4. The van der Waals surface area contributed by atoms with E-state index < -0.39 is 5.97 Å². The lowest BCUT2D eigenvalue weighted by Gasteiger charge is -1.92. The SMILES string of the molecule is CCCC[n+]1ccn(CC(=O)O)c1. The average molecular weight is 183 g/mol. The van der Waals surface area contributed by atoms with E-state index in [1.807, 2.05) is 17.1 Å². The summed E-state index contributed by atoms with van der Waals surface area (Å²) < 4.78 is 3.67.